The number of primary amides is 1. The van der Waals surface area contributed by atoms with Crippen LogP contribution in [-0.4, -0.2) is 34.7 Å². The monoisotopic (exact) mass is 442 g/mol. The Hall–Kier alpha value is -2.20. The lowest BCUT2D eigenvalue weighted by Crippen LogP contribution is -2.17. The Labute approximate surface area is 162 Å². The summed E-state index contributed by atoms with van der Waals surface area (Å²) in [7, 11) is 1.23. The number of anilines is 1. The minimum atomic E-state index is -0.661. The number of nitrogens with zero attached hydrogens (tertiary/aromatic N) is 2. The lowest BCUT2D eigenvalue weighted by Gasteiger charge is -2.07. The first-order valence-electron chi connectivity index (χ1n) is 7.68. The molecule has 0 spiro atoms. The van der Waals surface area contributed by atoms with Crippen LogP contribution in [0.25, 0.3) is 0 Å². The number of thiophene rings is 1. The summed E-state index contributed by atoms with van der Waals surface area (Å²) < 4.78 is 7.38. The van der Waals surface area contributed by atoms with Gasteiger partial charge in [0.05, 0.1) is 34.3 Å². The van der Waals surface area contributed by atoms with E-state index in [9.17, 15) is 14.4 Å². The summed E-state index contributed by atoms with van der Waals surface area (Å²) >= 11 is 4.40. The molecule has 26 heavy (non-hydrogen) atoms. The number of nitrogens with two attached hydrogens (primary N) is 1. The molecule has 0 aliphatic rings. The average molecular weight is 443 g/mol. The predicted molar refractivity (Wildman–Crippen MR) is 102 cm³/mol. The normalized spacial score (nSPS) is 10.7. The molecule has 8 nitrogen and oxygen atoms in total. The molecular weight excluding hydrogens is 424 g/mol. The summed E-state index contributed by atoms with van der Waals surface area (Å²) in [5, 5.41) is 7.27. The Morgan fingerprint density at radius 1 is 1.31 bits per heavy atom. The molecule has 10 heteroatoms. The molecule has 0 saturated carbocycles. The maximum absolute atomic E-state index is 12.3. The topological polar surface area (TPSA) is 116 Å². The van der Waals surface area contributed by atoms with E-state index in [-0.39, 0.29) is 27.8 Å². The Morgan fingerprint density at radius 2 is 1.96 bits per heavy atom. The van der Waals surface area contributed by atoms with E-state index in [1.54, 1.807) is 11.6 Å². The van der Waals surface area contributed by atoms with E-state index in [2.05, 4.69) is 26.3 Å². The van der Waals surface area contributed by atoms with Crippen LogP contribution < -0.4 is 11.1 Å². The van der Waals surface area contributed by atoms with Crippen LogP contribution in [-0.2, 0) is 16.1 Å². The number of aromatic nitrogens is 2. The highest BCUT2D eigenvalue weighted by atomic mass is 79.9. The molecule has 2 heterocycles. The highest BCUT2D eigenvalue weighted by molar-refractivity contribution is 9.10. The molecule has 0 aliphatic carbocycles. The summed E-state index contributed by atoms with van der Waals surface area (Å²) in [4.78, 5) is 36.0. The molecule has 2 amide bonds. The van der Waals surface area contributed by atoms with E-state index in [0.717, 1.165) is 27.2 Å². The van der Waals surface area contributed by atoms with Gasteiger partial charge in [-0.25, -0.2) is 4.79 Å². The second kappa shape index (κ2) is 8.00. The Balaban J connectivity index is 2.18. The van der Waals surface area contributed by atoms with Crippen molar-refractivity contribution in [1.29, 1.82) is 0 Å². The van der Waals surface area contributed by atoms with Crippen LogP contribution in [0.2, 0.25) is 0 Å². The second-order valence-electron chi connectivity index (χ2n) is 5.62. The highest BCUT2D eigenvalue weighted by Crippen LogP contribution is 2.33. The maximum Gasteiger partial charge on any atom is 0.341 e. The van der Waals surface area contributed by atoms with Crippen LogP contribution in [0.1, 0.15) is 43.4 Å². The quantitative estimate of drug-likeness (QED) is 0.666. The number of carbonyl (C=O) groups excluding carboxylic acids is 3. The molecule has 2 aromatic rings. The summed E-state index contributed by atoms with van der Waals surface area (Å²) in [5.74, 6) is -1.61. The van der Waals surface area contributed by atoms with Crippen LogP contribution >= 0.6 is 27.3 Å². The molecule has 0 aliphatic heterocycles. The van der Waals surface area contributed by atoms with E-state index >= 15 is 0 Å². The number of hydrogen-bond acceptors (Lipinski definition) is 6. The lowest BCUT2D eigenvalue weighted by atomic mass is 10.1. The molecule has 0 radical (unpaired) electrons. The van der Waals surface area contributed by atoms with Crippen LogP contribution in [0.3, 0.4) is 0 Å². The van der Waals surface area contributed by atoms with Gasteiger partial charge in [-0.3, -0.25) is 14.3 Å². The molecule has 0 unspecified atom stereocenters. The van der Waals surface area contributed by atoms with Crippen molar-refractivity contribution in [2.24, 2.45) is 5.73 Å². The standard InChI is InChI=1S/C16H19BrN4O4S/c1-7-11(16(24)25-4)15(26-13(7)14(18)23)19-10(22)5-6-21-9(3)12(17)8(2)20-21/h5-6H2,1-4H3,(H2,18,23)(H,19,22). The van der Waals surface area contributed by atoms with Gasteiger partial charge in [-0.05, 0) is 42.3 Å². The van der Waals surface area contributed by atoms with Crippen LogP contribution in [0.5, 0.6) is 0 Å². The highest BCUT2D eigenvalue weighted by Gasteiger charge is 2.25. The van der Waals surface area contributed by atoms with Crippen molar-refractivity contribution < 1.29 is 19.1 Å². The van der Waals surface area contributed by atoms with Gasteiger partial charge < -0.3 is 15.8 Å². The molecule has 0 saturated heterocycles. The summed E-state index contributed by atoms with van der Waals surface area (Å²) in [6.45, 7) is 5.74. The third kappa shape index (κ3) is 3.96. The number of aryl methyl sites for hydroxylation is 2. The molecule has 0 atom stereocenters. The van der Waals surface area contributed by atoms with E-state index < -0.39 is 11.9 Å². The van der Waals surface area contributed by atoms with Gasteiger partial charge >= 0.3 is 5.97 Å². The summed E-state index contributed by atoms with van der Waals surface area (Å²) in [5.41, 5.74) is 7.64. The zero-order chi connectivity index (χ0) is 19.6. The molecule has 0 bridgehead atoms. The number of carbonyl (C=O) groups is 3. The first kappa shape index (κ1) is 20.1. The van der Waals surface area contributed by atoms with Crippen LogP contribution in [0.4, 0.5) is 5.00 Å². The molecule has 3 N–H and O–H groups in total. The number of ether oxygens (including phenoxy) is 1. The third-order valence-electron chi connectivity index (χ3n) is 3.86. The number of methoxy groups -OCH3 is 1. The van der Waals surface area contributed by atoms with Gasteiger partial charge in [-0.15, -0.1) is 11.3 Å². The minimum absolute atomic E-state index is 0.147. The average Bonchev–Trinajstić information content (AvgIpc) is 3.04. The van der Waals surface area contributed by atoms with Crippen LogP contribution in [0.15, 0.2) is 4.47 Å². The SMILES string of the molecule is COC(=O)c1c(NC(=O)CCn2nc(C)c(Br)c2C)sc(C(N)=O)c1C. The summed E-state index contributed by atoms with van der Waals surface area (Å²) in [6, 6.07) is 0. The molecule has 0 fully saturated rings. The van der Waals surface area contributed by atoms with Crippen molar-refractivity contribution in [1.82, 2.24) is 9.78 Å². The fraction of sp³-hybridized carbons (Fsp3) is 0.375. The number of rotatable bonds is 6. The zero-order valence-corrected chi connectivity index (χ0v) is 17.2. The third-order valence-corrected chi connectivity index (χ3v) is 6.23. The second-order valence-corrected chi connectivity index (χ2v) is 7.44. The number of halogens is 1. The fourth-order valence-electron chi connectivity index (χ4n) is 2.47. The lowest BCUT2D eigenvalue weighted by molar-refractivity contribution is -0.116. The zero-order valence-electron chi connectivity index (χ0n) is 14.8. The summed E-state index contributed by atoms with van der Waals surface area (Å²) in [6.07, 6.45) is 0.151. The Morgan fingerprint density at radius 3 is 2.46 bits per heavy atom. The van der Waals surface area contributed by atoms with E-state index in [1.807, 2.05) is 13.8 Å². The van der Waals surface area contributed by atoms with Gasteiger partial charge in [0, 0.05) is 12.1 Å². The van der Waals surface area contributed by atoms with Crippen molar-refractivity contribution in [3.63, 3.8) is 0 Å². The Kier molecular flexibility index (Phi) is 6.19. The molecule has 0 aromatic carbocycles. The van der Waals surface area contributed by atoms with Gasteiger partial charge in [0.25, 0.3) is 5.91 Å². The van der Waals surface area contributed by atoms with E-state index in [1.165, 1.54) is 7.11 Å². The van der Waals surface area contributed by atoms with Gasteiger partial charge in [0.2, 0.25) is 5.91 Å². The maximum atomic E-state index is 12.3. The molecule has 140 valence electrons. The molecular formula is C16H19BrN4O4S. The first-order valence-corrected chi connectivity index (χ1v) is 9.29. The molecule has 2 aromatic heterocycles. The van der Waals surface area contributed by atoms with E-state index in [4.69, 9.17) is 10.5 Å². The first-order chi connectivity index (χ1) is 12.2. The van der Waals surface area contributed by atoms with Gasteiger partial charge in [-0.2, -0.15) is 5.10 Å². The van der Waals surface area contributed by atoms with E-state index in [0.29, 0.717) is 12.1 Å². The van der Waals surface area contributed by atoms with Crippen LogP contribution in [0, 0.1) is 20.8 Å². The largest absolute Gasteiger partial charge is 0.465 e. The number of nitrogens with one attached hydrogen (secondary N) is 1. The minimum Gasteiger partial charge on any atom is -0.465 e. The number of hydrogen-bond donors (Lipinski definition) is 2. The number of amides is 2. The van der Waals surface area contributed by atoms with Crippen molar-refractivity contribution in [3.8, 4) is 0 Å². The van der Waals surface area contributed by atoms with Crippen molar-refractivity contribution in [3.05, 3.63) is 31.9 Å². The predicted octanol–water partition coefficient (Wildman–Crippen LogP) is 2.55. The smallest absolute Gasteiger partial charge is 0.341 e. The van der Waals surface area contributed by atoms with Crippen molar-refractivity contribution >= 4 is 50.1 Å². The van der Waals surface area contributed by atoms with Crippen molar-refractivity contribution in [2.75, 3.05) is 12.4 Å². The Bertz CT molecular complexity index is 887. The van der Waals surface area contributed by atoms with Crippen molar-refractivity contribution in [2.45, 2.75) is 33.7 Å². The molecule has 2 rings (SSSR count). The van der Waals surface area contributed by atoms with Gasteiger partial charge in [0.1, 0.15) is 5.00 Å². The number of esters is 1. The fourth-order valence-corrected chi connectivity index (χ4v) is 3.82. The van der Waals surface area contributed by atoms with Gasteiger partial charge in [-0.1, -0.05) is 0 Å². The van der Waals surface area contributed by atoms with Gasteiger partial charge in [0.15, 0.2) is 0 Å².